The van der Waals surface area contributed by atoms with E-state index in [0.717, 1.165) is 28.9 Å². The average Bonchev–Trinajstić information content (AvgIpc) is 2.97. The van der Waals surface area contributed by atoms with Crippen LogP contribution in [0, 0.1) is 10.8 Å². The molecule has 1 unspecified atom stereocenters. The van der Waals surface area contributed by atoms with E-state index in [2.05, 4.69) is 44.3 Å². The number of benzene rings is 3. The highest BCUT2D eigenvalue weighted by molar-refractivity contribution is 14.1. The standard InChI is InChI=1S/C33H38IN2O6P/c1-32(11-6-12-32)19-36(34)30(38)23-15-20-7-4-5-8-21(20)16-25(23)35-29(37)24-17-27(28(43)18-26(24)41-3)42-22-9-13-33(2,14-10-22)31(39)40/h4-5,7-8,15-18,22H,6,9-14,19,43H2,1-3H3,(H,35,37)(H,39,40). The van der Waals surface area contributed by atoms with E-state index in [1.54, 1.807) is 22.2 Å². The Labute approximate surface area is 268 Å². The Morgan fingerprint density at radius 1 is 1.00 bits per heavy atom. The van der Waals surface area contributed by atoms with Gasteiger partial charge in [0.1, 0.15) is 11.5 Å². The summed E-state index contributed by atoms with van der Waals surface area (Å²) in [7, 11) is 4.13. The van der Waals surface area contributed by atoms with E-state index >= 15 is 0 Å². The first-order chi connectivity index (χ1) is 20.4. The predicted octanol–water partition coefficient (Wildman–Crippen LogP) is 7.00. The number of aliphatic carboxylic acids is 1. The number of carbonyl (C=O) groups excluding carboxylic acids is 2. The van der Waals surface area contributed by atoms with Crippen LogP contribution >= 0.6 is 32.1 Å². The van der Waals surface area contributed by atoms with Crippen LogP contribution in [0.25, 0.3) is 10.8 Å². The van der Waals surface area contributed by atoms with E-state index in [4.69, 9.17) is 9.47 Å². The molecule has 0 bridgehead atoms. The number of nitrogens with one attached hydrogen (secondary N) is 1. The van der Waals surface area contributed by atoms with Gasteiger partial charge in [0.2, 0.25) is 0 Å². The minimum absolute atomic E-state index is 0.116. The number of methoxy groups -OCH3 is 1. The number of amides is 2. The van der Waals surface area contributed by atoms with Crippen LogP contribution in [0.5, 0.6) is 11.5 Å². The topological polar surface area (TPSA) is 105 Å². The van der Waals surface area contributed by atoms with E-state index in [1.165, 1.54) is 13.5 Å². The Hall–Kier alpha value is -2.91. The molecule has 2 aliphatic carbocycles. The van der Waals surface area contributed by atoms with Gasteiger partial charge in [0.05, 0.1) is 58.3 Å². The number of carbonyl (C=O) groups is 3. The molecule has 8 nitrogen and oxygen atoms in total. The van der Waals surface area contributed by atoms with Crippen molar-refractivity contribution in [3.8, 4) is 11.5 Å². The van der Waals surface area contributed by atoms with Gasteiger partial charge in [0, 0.05) is 11.8 Å². The molecule has 2 aliphatic rings. The van der Waals surface area contributed by atoms with Gasteiger partial charge >= 0.3 is 5.97 Å². The quantitative estimate of drug-likeness (QED) is 0.141. The van der Waals surface area contributed by atoms with Gasteiger partial charge in [-0.05, 0) is 85.9 Å². The van der Waals surface area contributed by atoms with Crippen molar-refractivity contribution in [1.29, 1.82) is 0 Å². The summed E-state index contributed by atoms with van der Waals surface area (Å²) >= 11 is 2.09. The monoisotopic (exact) mass is 716 g/mol. The maximum absolute atomic E-state index is 13.8. The van der Waals surface area contributed by atoms with Crippen molar-refractivity contribution in [1.82, 2.24) is 3.11 Å². The highest BCUT2D eigenvalue weighted by atomic mass is 127. The smallest absolute Gasteiger partial charge is 0.309 e. The molecule has 2 amide bonds. The van der Waals surface area contributed by atoms with Crippen LogP contribution in [0.4, 0.5) is 5.69 Å². The molecular weight excluding hydrogens is 678 g/mol. The fourth-order valence-electron chi connectivity index (χ4n) is 5.95. The number of hydrogen-bond acceptors (Lipinski definition) is 5. The minimum atomic E-state index is -0.782. The third-order valence-electron chi connectivity index (χ3n) is 9.09. The first kappa shape index (κ1) is 31.5. The SMILES string of the molecule is COc1cc(P)c(OC2CCC(C)(C(=O)O)CC2)cc1C(=O)Nc1cc2ccccc2cc1C(=O)N(I)CC1(C)CCC1. The van der Waals surface area contributed by atoms with E-state index < -0.39 is 17.3 Å². The van der Waals surface area contributed by atoms with Crippen molar-refractivity contribution in [2.75, 3.05) is 19.0 Å². The molecule has 228 valence electrons. The lowest BCUT2D eigenvalue weighted by Crippen LogP contribution is -2.38. The number of fused-ring (bicyclic) bond motifs is 1. The highest BCUT2D eigenvalue weighted by Crippen LogP contribution is 2.42. The summed E-state index contributed by atoms with van der Waals surface area (Å²) < 4.78 is 13.6. The molecule has 1 atom stereocenters. The molecule has 2 fully saturated rings. The van der Waals surface area contributed by atoms with Crippen LogP contribution < -0.4 is 20.1 Å². The van der Waals surface area contributed by atoms with Crippen LogP contribution in [0.1, 0.15) is 79.5 Å². The molecule has 0 radical (unpaired) electrons. The average molecular weight is 717 g/mol. The van der Waals surface area contributed by atoms with Crippen molar-refractivity contribution in [2.45, 2.75) is 64.9 Å². The van der Waals surface area contributed by atoms with E-state index in [0.29, 0.717) is 55.0 Å². The first-order valence-corrected chi connectivity index (χ1v) is 16.1. The number of halogens is 1. The Morgan fingerprint density at radius 3 is 2.23 bits per heavy atom. The van der Waals surface area contributed by atoms with Gasteiger partial charge in [0.15, 0.2) is 0 Å². The lowest BCUT2D eigenvalue weighted by Gasteiger charge is -2.40. The number of nitrogens with zero attached hydrogens (tertiary/aromatic N) is 1. The molecule has 5 rings (SSSR count). The first-order valence-electron chi connectivity index (χ1n) is 14.6. The zero-order chi connectivity index (χ0) is 30.9. The van der Waals surface area contributed by atoms with Crippen LogP contribution in [0.2, 0.25) is 0 Å². The van der Waals surface area contributed by atoms with Crippen LogP contribution in [-0.2, 0) is 4.79 Å². The van der Waals surface area contributed by atoms with Gasteiger partial charge in [-0.3, -0.25) is 17.5 Å². The van der Waals surface area contributed by atoms with Crippen molar-refractivity contribution < 1.29 is 29.0 Å². The summed E-state index contributed by atoms with van der Waals surface area (Å²) in [6.07, 6.45) is 5.46. The number of ether oxygens (including phenoxy) is 2. The largest absolute Gasteiger partial charge is 0.496 e. The number of anilines is 1. The van der Waals surface area contributed by atoms with Crippen molar-refractivity contribution in [3.63, 3.8) is 0 Å². The molecule has 3 aromatic rings. The molecule has 0 heterocycles. The zero-order valence-electron chi connectivity index (χ0n) is 24.7. The van der Waals surface area contributed by atoms with Crippen LogP contribution in [-0.4, -0.2) is 45.8 Å². The van der Waals surface area contributed by atoms with Crippen LogP contribution in [0.15, 0.2) is 48.5 Å². The molecule has 10 heteroatoms. The Morgan fingerprint density at radius 2 is 1.65 bits per heavy atom. The van der Waals surface area contributed by atoms with E-state index in [-0.39, 0.29) is 23.0 Å². The lowest BCUT2D eigenvalue weighted by atomic mass is 9.70. The Kier molecular flexibility index (Phi) is 9.23. The van der Waals surface area contributed by atoms with Gasteiger partial charge in [-0.1, -0.05) is 37.6 Å². The third kappa shape index (κ3) is 6.78. The summed E-state index contributed by atoms with van der Waals surface area (Å²) in [5.74, 6) is -0.475. The molecule has 2 N–H and O–H groups in total. The molecule has 0 aromatic heterocycles. The summed E-state index contributed by atoms with van der Waals surface area (Å²) in [6.45, 7) is 4.63. The van der Waals surface area contributed by atoms with E-state index in [1.807, 2.05) is 36.4 Å². The number of carboxylic acids is 1. The Balaban J connectivity index is 1.42. The molecule has 0 saturated heterocycles. The second-order valence-corrected chi connectivity index (χ2v) is 14.2. The predicted molar refractivity (Wildman–Crippen MR) is 180 cm³/mol. The Bertz CT molecular complexity index is 1560. The second-order valence-electron chi connectivity index (χ2n) is 12.5. The molecular formula is C33H38IN2O6P. The number of carboxylic acid groups (broad SMARTS) is 1. The van der Waals surface area contributed by atoms with Crippen molar-refractivity contribution in [2.24, 2.45) is 10.8 Å². The van der Waals surface area contributed by atoms with Crippen molar-refractivity contribution >= 4 is 71.7 Å². The summed E-state index contributed by atoms with van der Waals surface area (Å²) in [6, 6.07) is 14.8. The number of hydrogen-bond donors (Lipinski definition) is 2. The van der Waals surface area contributed by atoms with Gasteiger partial charge in [-0.15, -0.1) is 9.24 Å². The third-order valence-corrected chi connectivity index (χ3v) is 10.3. The highest BCUT2D eigenvalue weighted by Gasteiger charge is 2.38. The van der Waals surface area contributed by atoms with Gasteiger partial charge < -0.3 is 19.9 Å². The number of rotatable bonds is 9. The van der Waals surface area contributed by atoms with Gasteiger partial charge in [-0.25, -0.2) is 0 Å². The van der Waals surface area contributed by atoms with Crippen molar-refractivity contribution in [3.05, 3.63) is 59.7 Å². The zero-order valence-corrected chi connectivity index (χ0v) is 28.1. The maximum atomic E-state index is 13.8. The summed E-state index contributed by atoms with van der Waals surface area (Å²) in [5.41, 5.74) is 0.493. The molecule has 43 heavy (non-hydrogen) atoms. The van der Waals surface area contributed by atoms with Gasteiger partial charge in [-0.2, -0.15) is 0 Å². The van der Waals surface area contributed by atoms with E-state index in [9.17, 15) is 19.5 Å². The lowest BCUT2D eigenvalue weighted by molar-refractivity contribution is -0.150. The summed E-state index contributed by atoms with van der Waals surface area (Å²) in [4.78, 5) is 39.3. The molecule has 0 spiro atoms. The molecule has 3 aromatic carbocycles. The normalized spacial score (nSPS) is 21.0. The fourth-order valence-corrected chi connectivity index (χ4v) is 7.34. The molecule has 2 saturated carbocycles. The minimum Gasteiger partial charge on any atom is -0.496 e. The fraction of sp³-hybridized carbons (Fsp3) is 0.424. The molecule has 0 aliphatic heterocycles. The summed E-state index contributed by atoms with van der Waals surface area (Å²) in [5, 5.41) is 15.1. The van der Waals surface area contributed by atoms with Crippen LogP contribution in [0.3, 0.4) is 0 Å². The van der Waals surface area contributed by atoms with Gasteiger partial charge in [0.25, 0.3) is 11.8 Å². The maximum Gasteiger partial charge on any atom is 0.309 e. The second kappa shape index (κ2) is 12.6.